The summed E-state index contributed by atoms with van der Waals surface area (Å²) in [6.07, 6.45) is -0.375. The average Bonchev–Trinajstić information content (AvgIpc) is 3.26. The molecule has 3 heterocycles. The first-order chi connectivity index (χ1) is 15.2. The van der Waals surface area contributed by atoms with Crippen LogP contribution < -0.4 is 4.90 Å². The Balaban J connectivity index is 1.78. The van der Waals surface area contributed by atoms with Gasteiger partial charge in [0, 0.05) is 35.0 Å². The van der Waals surface area contributed by atoms with Gasteiger partial charge in [-0.1, -0.05) is 15.9 Å². The summed E-state index contributed by atoms with van der Waals surface area (Å²) in [6, 6.07) is 9.19. The first kappa shape index (κ1) is 21.7. The number of nitriles is 1. The average molecular weight is 502 g/mol. The molecule has 0 radical (unpaired) electrons. The molecular formula is C21H15BrF3N7. The molecular weight excluding hydrogens is 487 g/mol. The van der Waals surface area contributed by atoms with Crippen molar-refractivity contribution in [3.63, 3.8) is 0 Å². The van der Waals surface area contributed by atoms with Gasteiger partial charge in [-0.15, -0.1) is 0 Å². The molecule has 32 heavy (non-hydrogen) atoms. The van der Waals surface area contributed by atoms with Gasteiger partial charge in [-0.2, -0.15) is 28.2 Å². The lowest BCUT2D eigenvalue weighted by Gasteiger charge is -2.28. The number of benzene rings is 1. The minimum Gasteiger partial charge on any atom is -0.364 e. The maximum absolute atomic E-state index is 13.6. The summed E-state index contributed by atoms with van der Waals surface area (Å²) >= 11 is 3.18. The summed E-state index contributed by atoms with van der Waals surface area (Å²) in [5.74, 6) is 0.999. The van der Waals surface area contributed by atoms with E-state index in [1.807, 2.05) is 13.0 Å². The molecule has 0 N–H and O–H groups in total. The maximum atomic E-state index is 13.6. The number of rotatable bonds is 4. The Morgan fingerprint density at radius 2 is 1.94 bits per heavy atom. The zero-order valence-electron chi connectivity index (χ0n) is 16.8. The minimum absolute atomic E-state index is 0.132. The molecule has 1 atom stereocenters. The minimum atomic E-state index is -4.54. The molecule has 0 unspecified atom stereocenters. The van der Waals surface area contributed by atoms with Crippen LogP contribution in [0.15, 0.2) is 53.5 Å². The fraction of sp³-hybridized carbons (Fsp3) is 0.190. The van der Waals surface area contributed by atoms with Crippen molar-refractivity contribution in [2.75, 3.05) is 11.9 Å². The van der Waals surface area contributed by atoms with Crippen LogP contribution in [0.2, 0.25) is 0 Å². The van der Waals surface area contributed by atoms with E-state index in [4.69, 9.17) is 5.26 Å². The van der Waals surface area contributed by atoms with Gasteiger partial charge >= 0.3 is 6.18 Å². The van der Waals surface area contributed by atoms with Crippen molar-refractivity contribution in [2.45, 2.75) is 19.1 Å². The second-order valence-electron chi connectivity index (χ2n) is 7.01. The number of hydrogen-bond acceptors (Lipinski definition) is 6. The molecule has 0 aliphatic carbocycles. The molecule has 0 spiro atoms. The van der Waals surface area contributed by atoms with E-state index in [0.29, 0.717) is 32.8 Å². The van der Waals surface area contributed by atoms with Crippen LogP contribution in [0, 0.1) is 11.3 Å². The van der Waals surface area contributed by atoms with E-state index < -0.39 is 11.7 Å². The molecule has 162 valence electrons. The highest BCUT2D eigenvalue weighted by Gasteiger charge is 2.34. The molecule has 0 amide bonds. The Morgan fingerprint density at radius 1 is 1.16 bits per heavy atom. The zero-order chi connectivity index (χ0) is 23.0. The van der Waals surface area contributed by atoms with E-state index in [0.717, 1.165) is 6.07 Å². The van der Waals surface area contributed by atoms with Crippen LogP contribution in [0.1, 0.15) is 29.9 Å². The largest absolute Gasteiger partial charge is 0.418 e. The molecule has 0 saturated heterocycles. The smallest absolute Gasteiger partial charge is 0.364 e. The van der Waals surface area contributed by atoms with Gasteiger partial charge in [0.25, 0.3) is 0 Å². The van der Waals surface area contributed by atoms with Crippen LogP contribution in [-0.2, 0) is 6.18 Å². The lowest BCUT2D eigenvalue weighted by molar-refractivity contribution is -0.136. The molecule has 0 fully saturated rings. The summed E-state index contributed by atoms with van der Waals surface area (Å²) < 4.78 is 42.6. The van der Waals surface area contributed by atoms with Crippen molar-refractivity contribution in [3.8, 4) is 11.9 Å². The van der Waals surface area contributed by atoms with E-state index in [-0.39, 0.29) is 11.6 Å². The first-order valence-corrected chi connectivity index (χ1v) is 10.1. The SMILES string of the molecule is C[C@@H](c1ncnn1-c1ccc(C#N)cn1)N(C)c1ccnc2c(C(F)(F)F)cc(Br)cc12. The number of pyridine rings is 2. The van der Waals surface area contributed by atoms with Crippen molar-refractivity contribution < 1.29 is 13.2 Å². The lowest BCUT2D eigenvalue weighted by Crippen LogP contribution is -2.25. The molecule has 0 aliphatic rings. The third-order valence-corrected chi connectivity index (χ3v) is 5.55. The predicted octanol–water partition coefficient (Wildman–Crippen LogP) is 5.06. The molecule has 3 aromatic heterocycles. The normalized spacial score (nSPS) is 12.5. The standard InChI is InChI=1S/C21H15BrF3N7/c1-12(20-29-11-30-32(20)18-4-3-13(9-26)10-28-18)31(2)17-5-6-27-19-15(17)7-14(22)8-16(19)21(23,24)25/h3-8,10-12H,1-2H3/t12-/m0/s1. The Bertz CT molecular complexity index is 1330. The van der Waals surface area contributed by atoms with Crippen LogP contribution in [0.25, 0.3) is 16.7 Å². The fourth-order valence-corrected chi connectivity index (χ4v) is 3.86. The van der Waals surface area contributed by atoms with Crippen LogP contribution in [0.5, 0.6) is 0 Å². The molecule has 11 heteroatoms. The van der Waals surface area contributed by atoms with Crippen LogP contribution in [0.4, 0.5) is 18.9 Å². The summed E-state index contributed by atoms with van der Waals surface area (Å²) in [6.45, 7) is 1.86. The van der Waals surface area contributed by atoms with Gasteiger partial charge in [0.1, 0.15) is 12.4 Å². The molecule has 7 nitrogen and oxygen atoms in total. The number of halogens is 4. The summed E-state index contributed by atoms with van der Waals surface area (Å²) in [5.41, 5.74) is 0.0220. The number of aromatic nitrogens is 5. The highest BCUT2D eigenvalue weighted by atomic mass is 79.9. The zero-order valence-corrected chi connectivity index (χ0v) is 18.4. The molecule has 0 saturated carbocycles. The van der Waals surface area contributed by atoms with Gasteiger partial charge in [-0.25, -0.2) is 9.97 Å². The fourth-order valence-electron chi connectivity index (χ4n) is 3.40. The Kier molecular flexibility index (Phi) is 5.56. The molecule has 0 bridgehead atoms. The number of hydrogen-bond donors (Lipinski definition) is 0. The highest BCUT2D eigenvalue weighted by molar-refractivity contribution is 9.10. The van der Waals surface area contributed by atoms with Crippen molar-refractivity contribution in [3.05, 3.63) is 70.5 Å². The molecule has 4 aromatic rings. The highest BCUT2D eigenvalue weighted by Crippen LogP contribution is 2.40. The van der Waals surface area contributed by atoms with E-state index in [1.54, 1.807) is 36.2 Å². The summed E-state index contributed by atoms with van der Waals surface area (Å²) in [7, 11) is 1.76. The van der Waals surface area contributed by atoms with Crippen LogP contribution >= 0.6 is 15.9 Å². The van der Waals surface area contributed by atoms with E-state index in [9.17, 15) is 13.2 Å². The van der Waals surface area contributed by atoms with Gasteiger partial charge in [-0.3, -0.25) is 4.98 Å². The number of alkyl halides is 3. The maximum Gasteiger partial charge on any atom is 0.418 e. The predicted molar refractivity (Wildman–Crippen MR) is 115 cm³/mol. The van der Waals surface area contributed by atoms with Crippen molar-refractivity contribution >= 4 is 32.5 Å². The second kappa shape index (κ2) is 8.20. The Morgan fingerprint density at radius 3 is 2.59 bits per heavy atom. The van der Waals surface area contributed by atoms with Crippen LogP contribution in [-0.4, -0.2) is 31.8 Å². The van der Waals surface area contributed by atoms with Crippen LogP contribution in [0.3, 0.4) is 0 Å². The summed E-state index contributed by atoms with van der Waals surface area (Å²) in [5, 5.41) is 13.5. The lowest BCUT2D eigenvalue weighted by atomic mass is 10.1. The third-order valence-electron chi connectivity index (χ3n) is 5.09. The Labute approximate surface area is 189 Å². The van der Waals surface area contributed by atoms with Gasteiger partial charge in [0.15, 0.2) is 11.6 Å². The molecule has 0 aliphatic heterocycles. The monoisotopic (exact) mass is 501 g/mol. The number of nitrogens with zero attached hydrogens (tertiary/aromatic N) is 7. The van der Waals surface area contributed by atoms with Gasteiger partial charge in [0.2, 0.25) is 0 Å². The topological polar surface area (TPSA) is 83.5 Å². The Hall–Kier alpha value is -3.52. The number of fused-ring (bicyclic) bond motifs is 1. The van der Waals surface area contributed by atoms with Gasteiger partial charge < -0.3 is 4.90 Å². The van der Waals surface area contributed by atoms with Crippen molar-refractivity contribution in [1.82, 2.24) is 24.7 Å². The first-order valence-electron chi connectivity index (χ1n) is 9.35. The summed E-state index contributed by atoms with van der Waals surface area (Å²) in [4.78, 5) is 14.4. The van der Waals surface area contributed by atoms with Crippen molar-refractivity contribution in [1.29, 1.82) is 5.26 Å². The van der Waals surface area contributed by atoms with Gasteiger partial charge in [0.05, 0.1) is 22.7 Å². The third kappa shape index (κ3) is 3.89. The molecule has 1 aromatic carbocycles. The number of anilines is 1. The van der Waals surface area contributed by atoms with E-state index in [1.165, 1.54) is 23.4 Å². The van der Waals surface area contributed by atoms with E-state index >= 15 is 0 Å². The van der Waals surface area contributed by atoms with E-state index in [2.05, 4.69) is 36.0 Å². The van der Waals surface area contributed by atoms with Crippen molar-refractivity contribution in [2.24, 2.45) is 0 Å². The second-order valence-corrected chi connectivity index (χ2v) is 7.93. The molecule has 4 rings (SSSR count). The van der Waals surface area contributed by atoms with Gasteiger partial charge in [-0.05, 0) is 37.3 Å². The quantitative estimate of drug-likeness (QED) is 0.388.